The van der Waals surface area contributed by atoms with Gasteiger partial charge in [-0.2, -0.15) is 5.10 Å². The maximum absolute atomic E-state index is 13.9. The number of aromatic nitrogens is 2. The predicted octanol–water partition coefficient (Wildman–Crippen LogP) is 2.48. The van der Waals surface area contributed by atoms with Crippen molar-refractivity contribution in [1.29, 1.82) is 0 Å². The second kappa shape index (κ2) is 5.48. The minimum Gasteiger partial charge on any atom is -0.478 e. The molecule has 0 aliphatic carbocycles. The van der Waals surface area contributed by atoms with Crippen LogP contribution in [0.25, 0.3) is 6.08 Å². The number of rotatable bonds is 4. The van der Waals surface area contributed by atoms with E-state index in [4.69, 9.17) is 5.11 Å². The number of nitrogens with zero attached hydrogens (tertiary/aromatic N) is 2. The molecule has 19 heavy (non-hydrogen) atoms. The zero-order valence-corrected chi connectivity index (χ0v) is 10.4. The van der Waals surface area contributed by atoms with Crippen molar-refractivity contribution in [2.45, 2.75) is 13.5 Å². The van der Waals surface area contributed by atoms with Gasteiger partial charge in [0.25, 0.3) is 0 Å². The predicted molar refractivity (Wildman–Crippen MR) is 69.1 cm³/mol. The summed E-state index contributed by atoms with van der Waals surface area (Å²) in [6.07, 6.45) is 4.00. The molecule has 5 heteroatoms. The summed E-state index contributed by atoms with van der Waals surface area (Å²) in [7, 11) is 0. The lowest BCUT2D eigenvalue weighted by Crippen LogP contribution is -2.05. The largest absolute Gasteiger partial charge is 0.478 e. The van der Waals surface area contributed by atoms with Gasteiger partial charge in [0.05, 0.1) is 6.54 Å². The van der Waals surface area contributed by atoms with E-state index in [0.717, 1.165) is 11.8 Å². The van der Waals surface area contributed by atoms with Crippen LogP contribution in [-0.2, 0) is 11.3 Å². The monoisotopic (exact) mass is 260 g/mol. The first-order chi connectivity index (χ1) is 9.06. The van der Waals surface area contributed by atoms with Crippen molar-refractivity contribution in [3.05, 3.63) is 59.2 Å². The SMILES string of the molecule is Cc1ccnn1Cc1ccc(C=CC(=O)O)cc1F. The summed E-state index contributed by atoms with van der Waals surface area (Å²) in [6, 6.07) is 6.48. The zero-order chi connectivity index (χ0) is 13.8. The molecule has 0 bridgehead atoms. The normalized spacial score (nSPS) is 11.1. The molecule has 2 aromatic rings. The average molecular weight is 260 g/mol. The van der Waals surface area contributed by atoms with Gasteiger partial charge in [-0.3, -0.25) is 4.68 Å². The van der Waals surface area contributed by atoms with Gasteiger partial charge in [-0.25, -0.2) is 9.18 Å². The molecule has 0 fully saturated rings. The fourth-order valence-electron chi connectivity index (χ4n) is 1.69. The van der Waals surface area contributed by atoms with Crippen molar-refractivity contribution in [2.24, 2.45) is 0 Å². The summed E-state index contributed by atoms with van der Waals surface area (Å²) in [4.78, 5) is 10.4. The van der Waals surface area contributed by atoms with Gasteiger partial charge < -0.3 is 5.11 Å². The maximum Gasteiger partial charge on any atom is 0.328 e. The van der Waals surface area contributed by atoms with Crippen LogP contribution >= 0.6 is 0 Å². The lowest BCUT2D eigenvalue weighted by atomic mass is 10.1. The third-order valence-electron chi connectivity index (χ3n) is 2.74. The van der Waals surface area contributed by atoms with Gasteiger partial charge in [0.2, 0.25) is 0 Å². The van der Waals surface area contributed by atoms with Crippen LogP contribution in [0.5, 0.6) is 0 Å². The summed E-state index contributed by atoms with van der Waals surface area (Å²) in [5.74, 6) is -1.43. The number of hydrogen-bond acceptors (Lipinski definition) is 2. The van der Waals surface area contributed by atoms with Crippen molar-refractivity contribution in [3.63, 3.8) is 0 Å². The third kappa shape index (κ3) is 3.28. The highest BCUT2D eigenvalue weighted by Gasteiger charge is 2.05. The van der Waals surface area contributed by atoms with Crippen LogP contribution in [-0.4, -0.2) is 20.9 Å². The van der Waals surface area contributed by atoms with Crippen molar-refractivity contribution < 1.29 is 14.3 Å². The van der Waals surface area contributed by atoms with E-state index >= 15 is 0 Å². The van der Waals surface area contributed by atoms with Crippen LogP contribution in [0.2, 0.25) is 0 Å². The molecule has 0 saturated heterocycles. The van der Waals surface area contributed by atoms with E-state index in [9.17, 15) is 9.18 Å². The standard InChI is InChI=1S/C14H13FN2O2/c1-10-6-7-16-17(10)9-12-4-2-11(8-13(12)15)3-5-14(18)19/h2-8H,9H2,1H3,(H,18,19). The van der Waals surface area contributed by atoms with Crippen LogP contribution in [0.3, 0.4) is 0 Å². The van der Waals surface area contributed by atoms with Gasteiger partial charge in [0.15, 0.2) is 0 Å². The first-order valence-corrected chi connectivity index (χ1v) is 5.74. The molecule has 1 aromatic carbocycles. The van der Waals surface area contributed by atoms with Gasteiger partial charge >= 0.3 is 5.97 Å². The molecular formula is C14H13FN2O2. The van der Waals surface area contributed by atoms with Crippen LogP contribution in [0.1, 0.15) is 16.8 Å². The number of hydrogen-bond donors (Lipinski definition) is 1. The Morgan fingerprint density at radius 2 is 2.26 bits per heavy atom. The molecule has 1 N–H and O–H groups in total. The minimum atomic E-state index is -1.06. The highest BCUT2D eigenvalue weighted by atomic mass is 19.1. The molecule has 1 heterocycles. The summed E-state index contributed by atoms with van der Waals surface area (Å²) < 4.78 is 15.6. The quantitative estimate of drug-likeness (QED) is 0.859. The Balaban J connectivity index is 2.20. The smallest absolute Gasteiger partial charge is 0.328 e. The number of halogens is 1. The Morgan fingerprint density at radius 1 is 1.47 bits per heavy atom. The molecule has 0 atom stereocenters. The van der Waals surface area contributed by atoms with E-state index in [1.54, 1.807) is 23.0 Å². The molecular weight excluding hydrogens is 247 g/mol. The molecule has 0 saturated carbocycles. The van der Waals surface area contributed by atoms with E-state index in [-0.39, 0.29) is 5.82 Å². The van der Waals surface area contributed by atoms with Crippen molar-refractivity contribution in [1.82, 2.24) is 9.78 Å². The number of aliphatic carboxylic acids is 1. The van der Waals surface area contributed by atoms with E-state index in [1.807, 2.05) is 13.0 Å². The van der Waals surface area contributed by atoms with Crippen molar-refractivity contribution in [2.75, 3.05) is 0 Å². The van der Waals surface area contributed by atoms with E-state index < -0.39 is 5.97 Å². The molecule has 1 aromatic heterocycles. The topological polar surface area (TPSA) is 55.1 Å². The third-order valence-corrected chi connectivity index (χ3v) is 2.74. The lowest BCUT2D eigenvalue weighted by molar-refractivity contribution is -0.131. The molecule has 0 unspecified atom stereocenters. The zero-order valence-electron chi connectivity index (χ0n) is 10.4. The van der Waals surface area contributed by atoms with Gasteiger partial charge in [-0.1, -0.05) is 12.1 Å². The summed E-state index contributed by atoms with van der Waals surface area (Å²) in [5.41, 5.74) is 1.98. The van der Waals surface area contributed by atoms with Crippen LogP contribution in [0, 0.1) is 12.7 Å². The summed E-state index contributed by atoms with van der Waals surface area (Å²) in [6.45, 7) is 2.25. The number of carboxylic acids is 1. The molecule has 0 aliphatic heterocycles. The highest BCUT2D eigenvalue weighted by molar-refractivity contribution is 5.85. The second-order valence-electron chi connectivity index (χ2n) is 4.15. The number of benzene rings is 1. The molecule has 98 valence electrons. The van der Waals surface area contributed by atoms with Gasteiger partial charge in [0.1, 0.15) is 5.82 Å². The average Bonchev–Trinajstić information content (AvgIpc) is 2.75. The molecule has 2 rings (SSSR count). The minimum absolute atomic E-state index is 0.355. The molecule has 4 nitrogen and oxygen atoms in total. The number of aryl methyl sites for hydroxylation is 1. The molecule has 0 amide bonds. The fraction of sp³-hybridized carbons (Fsp3) is 0.143. The van der Waals surface area contributed by atoms with E-state index in [2.05, 4.69) is 5.10 Å². The van der Waals surface area contributed by atoms with Crippen molar-refractivity contribution in [3.8, 4) is 0 Å². The first-order valence-electron chi connectivity index (χ1n) is 5.74. The molecule has 0 aliphatic rings. The Kier molecular flexibility index (Phi) is 3.75. The molecule has 0 radical (unpaired) electrons. The Bertz CT molecular complexity index is 632. The molecule has 0 spiro atoms. The van der Waals surface area contributed by atoms with Gasteiger partial charge in [-0.05, 0) is 30.7 Å². The maximum atomic E-state index is 13.9. The second-order valence-corrected chi connectivity index (χ2v) is 4.15. The van der Waals surface area contributed by atoms with E-state index in [1.165, 1.54) is 12.1 Å². The number of carboxylic acid groups (broad SMARTS) is 1. The summed E-state index contributed by atoms with van der Waals surface area (Å²) in [5, 5.41) is 12.6. The van der Waals surface area contributed by atoms with Crippen LogP contribution in [0.15, 0.2) is 36.5 Å². The van der Waals surface area contributed by atoms with Gasteiger partial charge in [-0.15, -0.1) is 0 Å². The fourth-order valence-corrected chi connectivity index (χ4v) is 1.69. The van der Waals surface area contributed by atoms with E-state index in [0.29, 0.717) is 17.7 Å². The van der Waals surface area contributed by atoms with Crippen LogP contribution < -0.4 is 0 Å². The first kappa shape index (κ1) is 13.0. The lowest BCUT2D eigenvalue weighted by Gasteiger charge is -2.06. The van der Waals surface area contributed by atoms with Crippen LogP contribution in [0.4, 0.5) is 4.39 Å². The van der Waals surface area contributed by atoms with Gasteiger partial charge in [0, 0.05) is 23.5 Å². The highest BCUT2D eigenvalue weighted by Crippen LogP contribution is 2.13. The number of carbonyl (C=O) groups is 1. The summed E-state index contributed by atoms with van der Waals surface area (Å²) >= 11 is 0. The Labute approximate surface area is 109 Å². The Hall–Kier alpha value is -2.43. The van der Waals surface area contributed by atoms with Crippen molar-refractivity contribution >= 4 is 12.0 Å². The Morgan fingerprint density at radius 3 is 2.84 bits per heavy atom.